The van der Waals surface area contributed by atoms with E-state index in [1.54, 1.807) is 18.2 Å². The molecule has 0 heterocycles. The smallest absolute Gasteiger partial charge is 0.343 e. The first-order valence-corrected chi connectivity index (χ1v) is 13.6. The highest BCUT2D eigenvalue weighted by Gasteiger charge is 2.25. The van der Waals surface area contributed by atoms with Crippen LogP contribution in [0.3, 0.4) is 0 Å². The first kappa shape index (κ1) is 27.7. The van der Waals surface area contributed by atoms with E-state index in [-0.39, 0.29) is 22.8 Å². The Balaban J connectivity index is 1.39. The predicted octanol–water partition coefficient (Wildman–Crippen LogP) is 9.24. The van der Waals surface area contributed by atoms with Crippen molar-refractivity contribution in [3.8, 4) is 22.6 Å². The second-order valence-corrected chi connectivity index (χ2v) is 10.3. The van der Waals surface area contributed by atoms with Crippen LogP contribution < -0.4 is 9.47 Å². The summed E-state index contributed by atoms with van der Waals surface area (Å²) in [6.45, 7) is 4.81. The van der Waals surface area contributed by atoms with Gasteiger partial charge in [0.25, 0.3) is 0 Å². The molecule has 6 heteroatoms. The molecule has 1 fully saturated rings. The molecule has 0 unspecified atom stereocenters. The van der Waals surface area contributed by atoms with E-state index >= 15 is 4.39 Å². The fourth-order valence-electron chi connectivity index (χ4n) is 4.99. The number of benzene rings is 3. The van der Waals surface area contributed by atoms with Crippen LogP contribution in [-0.2, 0) is 0 Å². The van der Waals surface area contributed by atoms with E-state index in [1.165, 1.54) is 36.4 Å². The standard InChI is InChI=1S/C32H35F3O3/c1-3-4-5-6-19-37-25-15-18-29(28(33)20-25)38-32(36)24-13-11-23(12-14-24)27-17-16-26(30(34)31(27)35)22-9-7-21(2)8-10-22/h11-18,20-22H,3-10,19H2,1-2H3. The number of halogens is 3. The molecule has 0 aromatic heterocycles. The molecule has 38 heavy (non-hydrogen) atoms. The third-order valence-corrected chi connectivity index (χ3v) is 7.37. The van der Waals surface area contributed by atoms with E-state index in [2.05, 4.69) is 13.8 Å². The van der Waals surface area contributed by atoms with Gasteiger partial charge in [0.05, 0.1) is 12.2 Å². The summed E-state index contributed by atoms with van der Waals surface area (Å²) in [4.78, 5) is 12.6. The monoisotopic (exact) mass is 524 g/mol. The number of hydrogen-bond acceptors (Lipinski definition) is 3. The van der Waals surface area contributed by atoms with E-state index in [9.17, 15) is 13.6 Å². The van der Waals surface area contributed by atoms with Gasteiger partial charge in [-0.05, 0) is 66.5 Å². The number of rotatable bonds is 10. The second-order valence-electron chi connectivity index (χ2n) is 10.3. The maximum Gasteiger partial charge on any atom is 0.343 e. The fraction of sp³-hybridized carbons (Fsp3) is 0.406. The summed E-state index contributed by atoms with van der Waals surface area (Å²) < 4.78 is 55.2. The number of carbonyl (C=O) groups excluding carboxylic acids is 1. The van der Waals surface area contributed by atoms with Crippen LogP contribution in [0.1, 0.15) is 87.1 Å². The van der Waals surface area contributed by atoms with Crippen LogP contribution in [-0.4, -0.2) is 12.6 Å². The van der Waals surface area contributed by atoms with Crippen molar-refractivity contribution in [3.63, 3.8) is 0 Å². The maximum absolute atomic E-state index is 15.0. The van der Waals surface area contributed by atoms with Gasteiger partial charge >= 0.3 is 5.97 Å². The van der Waals surface area contributed by atoms with E-state index in [1.807, 2.05) is 0 Å². The summed E-state index contributed by atoms with van der Waals surface area (Å²) in [5.41, 5.74) is 1.17. The first-order valence-electron chi connectivity index (χ1n) is 13.6. The predicted molar refractivity (Wildman–Crippen MR) is 143 cm³/mol. The molecule has 1 saturated carbocycles. The van der Waals surface area contributed by atoms with Gasteiger partial charge < -0.3 is 9.47 Å². The highest BCUT2D eigenvalue weighted by Crippen LogP contribution is 2.38. The highest BCUT2D eigenvalue weighted by atomic mass is 19.2. The van der Waals surface area contributed by atoms with Gasteiger partial charge in [-0.3, -0.25) is 0 Å². The summed E-state index contributed by atoms with van der Waals surface area (Å²) in [5.74, 6) is -2.30. The molecule has 0 aliphatic heterocycles. The van der Waals surface area contributed by atoms with Gasteiger partial charge in [-0.25, -0.2) is 18.0 Å². The zero-order valence-corrected chi connectivity index (χ0v) is 22.1. The van der Waals surface area contributed by atoms with Crippen molar-refractivity contribution < 1.29 is 27.4 Å². The Morgan fingerprint density at radius 3 is 2.29 bits per heavy atom. The van der Waals surface area contributed by atoms with Crippen LogP contribution in [0.15, 0.2) is 54.6 Å². The fourth-order valence-corrected chi connectivity index (χ4v) is 4.99. The molecule has 0 radical (unpaired) electrons. The van der Waals surface area contributed by atoms with Gasteiger partial charge in [0.15, 0.2) is 23.2 Å². The Morgan fingerprint density at radius 1 is 0.868 bits per heavy atom. The summed E-state index contributed by atoms with van der Waals surface area (Å²) in [5, 5.41) is 0. The van der Waals surface area contributed by atoms with Crippen LogP contribution in [0, 0.1) is 23.4 Å². The Labute approximate surface area is 223 Å². The summed E-state index contributed by atoms with van der Waals surface area (Å²) in [6, 6.07) is 13.4. The van der Waals surface area contributed by atoms with Crippen molar-refractivity contribution in [3.05, 3.63) is 83.2 Å². The second kappa shape index (κ2) is 13.0. The molecule has 0 bridgehead atoms. The lowest BCUT2D eigenvalue weighted by atomic mass is 9.79. The molecule has 1 aliphatic carbocycles. The van der Waals surface area contributed by atoms with Gasteiger partial charge in [0.2, 0.25) is 0 Å². The quantitative estimate of drug-likeness (QED) is 0.151. The molecule has 4 rings (SSSR count). The van der Waals surface area contributed by atoms with Crippen molar-refractivity contribution in [2.45, 2.75) is 71.1 Å². The molecule has 3 aromatic rings. The average Bonchev–Trinajstić information content (AvgIpc) is 2.92. The molecule has 0 N–H and O–H groups in total. The van der Waals surface area contributed by atoms with Gasteiger partial charge in [0, 0.05) is 11.6 Å². The van der Waals surface area contributed by atoms with Gasteiger partial charge in [0.1, 0.15) is 5.75 Å². The SMILES string of the molecule is CCCCCCOc1ccc(OC(=O)c2ccc(-c3ccc(C4CCC(C)CC4)c(F)c3F)cc2)c(F)c1. The molecule has 3 nitrogen and oxygen atoms in total. The topological polar surface area (TPSA) is 35.5 Å². The minimum Gasteiger partial charge on any atom is -0.493 e. The summed E-state index contributed by atoms with van der Waals surface area (Å²) in [7, 11) is 0. The van der Waals surface area contributed by atoms with E-state index in [4.69, 9.17) is 9.47 Å². The minimum atomic E-state index is -0.883. The van der Waals surface area contributed by atoms with E-state index in [0.717, 1.165) is 51.4 Å². The van der Waals surface area contributed by atoms with Crippen LogP contribution in [0.5, 0.6) is 11.5 Å². The molecular weight excluding hydrogens is 489 g/mol. The summed E-state index contributed by atoms with van der Waals surface area (Å²) in [6.07, 6.45) is 7.97. The minimum absolute atomic E-state index is 0.0405. The van der Waals surface area contributed by atoms with Crippen LogP contribution >= 0.6 is 0 Å². The van der Waals surface area contributed by atoms with E-state index < -0.39 is 23.4 Å². The van der Waals surface area contributed by atoms with Crippen molar-refractivity contribution in [1.82, 2.24) is 0 Å². The molecule has 0 spiro atoms. The van der Waals surface area contributed by atoms with Crippen molar-refractivity contribution >= 4 is 5.97 Å². The largest absolute Gasteiger partial charge is 0.493 e. The molecule has 0 atom stereocenters. The van der Waals surface area contributed by atoms with Crippen molar-refractivity contribution in [2.75, 3.05) is 6.61 Å². The van der Waals surface area contributed by atoms with Gasteiger partial charge in [-0.15, -0.1) is 0 Å². The number of ether oxygens (including phenoxy) is 2. The van der Waals surface area contributed by atoms with Crippen molar-refractivity contribution in [1.29, 1.82) is 0 Å². The van der Waals surface area contributed by atoms with E-state index in [0.29, 0.717) is 29.4 Å². The number of unbranched alkanes of at least 4 members (excludes halogenated alkanes) is 3. The van der Waals surface area contributed by atoms with Crippen LogP contribution in [0.4, 0.5) is 13.2 Å². The number of esters is 1. The Kier molecular flexibility index (Phi) is 9.48. The third-order valence-electron chi connectivity index (χ3n) is 7.37. The van der Waals surface area contributed by atoms with Gasteiger partial charge in [-0.1, -0.05) is 70.2 Å². The Hall–Kier alpha value is -3.28. The van der Waals surface area contributed by atoms with Crippen molar-refractivity contribution in [2.24, 2.45) is 5.92 Å². The summed E-state index contributed by atoms with van der Waals surface area (Å²) >= 11 is 0. The van der Waals surface area contributed by atoms with Crippen LogP contribution in [0.2, 0.25) is 0 Å². The van der Waals surface area contributed by atoms with Crippen LogP contribution in [0.25, 0.3) is 11.1 Å². The zero-order chi connectivity index (χ0) is 27.1. The Bertz CT molecular complexity index is 1230. The molecule has 202 valence electrons. The molecule has 0 amide bonds. The number of carbonyl (C=O) groups is 1. The molecule has 3 aromatic carbocycles. The van der Waals surface area contributed by atoms with Gasteiger partial charge in [-0.2, -0.15) is 0 Å². The third kappa shape index (κ3) is 6.77. The normalized spacial score (nSPS) is 17.3. The number of hydrogen-bond donors (Lipinski definition) is 0. The average molecular weight is 525 g/mol. The molecule has 0 saturated heterocycles. The lowest BCUT2D eigenvalue weighted by Crippen LogP contribution is -2.13. The first-order chi connectivity index (χ1) is 18.4. The zero-order valence-electron chi connectivity index (χ0n) is 22.1. The maximum atomic E-state index is 15.0. The highest BCUT2D eigenvalue weighted by molar-refractivity contribution is 5.91. The lowest BCUT2D eigenvalue weighted by molar-refractivity contribution is 0.0727. The molecular formula is C32H35F3O3. The lowest BCUT2D eigenvalue weighted by Gasteiger charge is -2.27. The molecule has 1 aliphatic rings. The Morgan fingerprint density at radius 2 is 1.61 bits per heavy atom.